The van der Waals surface area contributed by atoms with Gasteiger partial charge in [0.05, 0.1) is 0 Å². The standard InChI is InChI=1S/C19H40/c1-6-7-8-10-13-16-19(4,5)17-14-11-9-12-15-18(2)3/h18H,6-17H2,1-5H3. The lowest BCUT2D eigenvalue weighted by Gasteiger charge is -2.24. The molecule has 0 spiro atoms. The van der Waals surface area contributed by atoms with Gasteiger partial charge in [-0.05, 0) is 24.2 Å². The highest BCUT2D eigenvalue weighted by Gasteiger charge is 2.16. The molecule has 0 unspecified atom stereocenters. The molecule has 0 N–H and O–H groups in total. The molecule has 0 rings (SSSR count). The first-order chi connectivity index (χ1) is 8.98. The second-order valence-corrected chi connectivity index (χ2v) is 7.68. The summed E-state index contributed by atoms with van der Waals surface area (Å²) in [5, 5.41) is 0. The summed E-state index contributed by atoms with van der Waals surface area (Å²) in [5.74, 6) is 0.888. The summed E-state index contributed by atoms with van der Waals surface area (Å²) in [6.07, 6.45) is 17.2. The van der Waals surface area contributed by atoms with Crippen LogP contribution in [0, 0.1) is 11.3 Å². The van der Waals surface area contributed by atoms with E-state index in [0.29, 0.717) is 5.41 Å². The predicted octanol–water partition coefficient (Wildman–Crippen LogP) is 7.37. The lowest BCUT2D eigenvalue weighted by atomic mass is 9.81. The van der Waals surface area contributed by atoms with Crippen molar-refractivity contribution >= 4 is 0 Å². The van der Waals surface area contributed by atoms with Crippen LogP contribution in [0.4, 0.5) is 0 Å². The first-order valence-electron chi connectivity index (χ1n) is 8.98. The second kappa shape index (κ2) is 11.8. The molecule has 0 radical (unpaired) electrons. The first kappa shape index (κ1) is 19.0. The molecule has 116 valence electrons. The van der Waals surface area contributed by atoms with E-state index in [1.54, 1.807) is 0 Å². The summed E-state index contributed by atoms with van der Waals surface area (Å²) in [6, 6.07) is 0. The molecule has 0 aliphatic rings. The van der Waals surface area contributed by atoms with E-state index < -0.39 is 0 Å². The summed E-state index contributed by atoms with van der Waals surface area (Å²) >= 11 is 0. The zero-order valence-corrected chi connectivity index (χ0v) is 14.6. The third kappa shape index (κ3) is 14.2. The largest absolute Gasteiger partial charge is 0.0654 e. The minimum atomic E-state index is 0.588. The Bertz CT molecular complexity index is 178. The van der Waals surface area contributed by atoms with Crippen molar-refractivity contribution in [2.24, 2.45) is 11.3 Å². The maximum absolute atomic E-state index is 2.47. The minimum Gasteiger partial charge on any atom is -0.0654 e. The molecule has 19 heavy (non-hydrogen) atoms. The number of hydrogen-bond acceptors (Lipinski definition) is 0. The topological polar surface area (TPSA) is 0 Å². The molecule has 0 atom stereocenters. The van der Waals surface area contributed by atoms with Crippen molar-refractivity contribution in [3.63, 3.8) is 0 Å². The summed E-state index contributed by atoms with van der Waals surface area (Å²) in [6.45, 7) is 11.9. The van der Waals surface area contributed by atoms with E-state index in [1.807, 2.05) is 0 Å². The highest BCUT2D eigenvalue weighted by atomic mass is 14.2. The summed E-state index contributed by atoms with van der Waals surface area (Å²) in [4.78, 5) is 0. The van der Waals surface area contributed by atoms with Crippen molar-refractivity contribution in [1.82, 2.24) is 0 Å². The van der Waals surface area contributed by atoms with Crippen LogP contribution in [0.3, 0.4) is 0 Å². The average Bonchev–Trinajstić information content (AvgIpc) is 2.33. The molecule has 0 aliphatic carbocycles. The number of unbranched alkanes of at least 4 members (excludes halogenated alkanes) is 7. The first-order valence-corrected chi connectivity index (χ1v) is 8.98. The molecule has 0 bridgehead atoms. The monoisotopic (exact) mass is 268 g/mol. The fraction of sp³-hybridized carbons (Fsp3) is 1.00. The van der Waals surface area contributed by atoms with Gasteiger partial charge in [0, 0.05) is 0 Å². The Morgan fingerprint density at radius 2 is 1.16 bits per heavy atom. The van der Waals surface area contributed by atoms with Gasteiger partial charge in [0.2, 0.25) is 0 Å². The normalized spacial score (nSPS) is 12.3. The molecule has 0 aromatic rings. The number of rotatable bonds is 13. The van der Waals surface area contributed by atoms with Gasteiger partial charge in [-0.3, -0.25) is 0 Å². The summed E-state index contributed by atoms with van der Waals surface area (Å²) in [7, 11) is 0. The lowest BCUT2D eigenvalue weighted by Crippen LogP contribution is -2.11. The van der Waals surface area contributed by atoms with Gasteiger partial charge in [-0.25, -0.2) is 0 Å². The fourth-order valence-corrected chi connectivity index (χ4v) is 2.84. The van der Waals surface area contributed by atoms with Crippen LogP contribution in [0.15, 0.2) is 0 Å². The van der Waals surface area contributed by atoms with Crippen LogP contribution >= 0.6 is 0 Å². The van der Waals surface area contributed by atoms with Crippen LogP contribution in [-0.2, 0) is 0 Å². The van der Waals surface area contributed by atoms with Gasteiger partial charge in [0.1, 0.15) is 0 Å². The molecule has 0 heterocycles. The Morgan fingerprint density at radius 3 is 1.63 bits per heavy atom. The van der Waals surface area contributed by atoms with E-state index in [9.17, 15) is 0 Å². The van der Waals surface area contributed by atoms with Crippen molar-refractivity contribution in [2.45, 2.75) is 112 Å². The molecule has 0 heteroatoms. The van der Waals surface area contributed by atoms with Gasteiger partial charge in [-0.15, -0.1) is 0 Å². The Kier molecular flexibility index (Phi) is 11.8. The van der Waals surface area contributed by atoms with Gasteiger partial charge in [0.25, 0.3) is 0 Å². The van der Waals surface area contributed by atoms with Crippen molar-refractivity contribution in [3.05, 3.63) is 0 Å². The molecule has 0 aromatic heterocycles. The quantitative estimate of drug-likeness (QED) is 0.306. The van der Waals surface area contributed by atoms with Gasteiger partial charge >= 0.3 is 0 Å². The van der Waals surface area contributed by atoms with E-state index in [2.05, 4.69) is 34.6 Å². The van der Waals surface area contributed by atoms with Crippen molar-refractivity contribution in [3.8, 4) is 0 Å². The summed E-state index contributed by atoms with van der Waals surface area (Å²) in [5.41, 5.74) is 0.588. The molecular weight excluding hydrogens is 228 g/mol. The van der Waals surface area contributed by atoms with E-state index in [4.69, 9.17) is 0 Å². The van der Waals surface area contributed by atoms with Crippen LogP contribution in [0.1, 0.15) is 112 Å². The van der Waals surface area contributed by atoms with E-state index >= 15 is 0 Å². The Hall–Kier alpha value is 0. The molecule has 0 aromatic carbocycles. The zero-order valence-electron chi connectivity index (χ0n) is 14.6. The van der Waals surface area contributed by atoms with Crippen LogP contribution < -0.4 is 0 Å². The van der Waals surface area contributed by atoms with Crippen LogP contribution in [0.25, 0.3) is 0 Å². The van der Waals surface area contributed by atoms with Crippen LogP contribution in [0.5, 0.6) is 0 Å². The average molecular weight is 269 g/mol. The van der Waals surface area contributed by atoms with Crippen molar-refractivity contribution < 1.29 is 0 Å². The molecule has 0 saturated carbocycles. The Morgan fingerprint density at radius 1 is 0.684 bits per heavy atom. The molecule has 0 amide bonds. The maximum atomic E-state index is 2.47. The van der Waals surface area contributed by atoms with E-state index in [0.717, 1.165) is 5.92 Å². The molecule has 0 saturated heterocycles. The van der Waals surface area contributed by atoms with Crippen molar-refractivity contribution in [1.29, 1.82) is 0 Å². The van der Waals surface area contributed by atoms with Gasteiger partial charge < -0.3 is 0 Å². The number of hydrogen-bond donors (Lipinski definition) is 0. The van der Waals surface area contributed by atoms with Crippen LogP contribution in [-0.4, -0.2) is 0 Å². The minimum absolute atomic E-state index is 0.588. The smallest absolute Gasteiger partial charge is 0.0354 e. The predicted molar refractivity (Wildman–Crippen MR) is 89.7 cm³/mol. The Balaban J connectivity index is 3.40. The maximum Gasteiger partial charge on any atom is -0.0354 e. The molecular formula is C19H40. The molecule has 0 aliphatic heterocycles. The van der Waals surface area contributed by atoms with Crippen LogP contribution in [0.2, 0.25) is 0 Å². The van der Waals surface area contributed by atoms with Gasteiger partial charge in [0.15, 0.2) is 0 Å². The van der Waals surface area contributed by atoms with E-state index in [-0.39, 0.29) is 0 Å². The highest BCUT2D eigenvalue weighted by Crippen LogP contribution is 2.30. The third-order valence-corrected chi connectivity index (χ3v) is 4.34. The van der Waals surface area contributed by atoms with Crippen molar-refractivity contribution in [2.75, 3.05) is 0 Å². The Labute approximate surface area is 123 Å². The third-order valence-electron chi connectivity index (χ3n) is 4.34. The zero-order chi connectivity index (χ0) is 14.6. The molecule has 0 fully saturated rings. The van der Waals surface area contributed by atoms with E-state index in [1.165, 1.54) is 77.0 Å². The summed E-state index contributed by atoms with van der Waals surface area (Å²) < 4.78 is 0. The van der Waals surface area contributed by atoms with Gasteiger partial charge in [-0.2, -0.15) is 0 Å². The lowest BCUT2D eigenvalue weighted by molar-refractivity contribution is 0.282. The fourth-order valence-electron chi connectivity index (χ4n) is 2.84. The SMILES string of the molecule is CCCCCCCC(C)(C)CCCCCCC(C)C. The van der Waals surface area contributed by atoms with Gasteiger partial charge in [-0.1, -0.05) is 98.8 Å². The second-order valence-electron chi connectivity index (χ2n) is 7.68. The molecule has 0 nitrogen and oxygen atoms in total. The highest BCUT2D eigenvalue weighted by molar-refractivity contribution is 4.68.